The van der Waals surface area contributed by atoms with Gasteiger partial charge in [0.25, 0.3) is 0 Å². The summed E-state index contributed by atoms with van der Waals surface area (Å²) in [6.07, 6.45) is 8.52. The average molecular weight is 264 g/mol. The number of hydrogen-bond donors (Lipinski definition) is 1. The van der Waals surface area contributed by atoms with Crippen LogP contribution in [-0.2, 0) is 13.1 Å². The summed E-state index contributed by atoms with van der Waals surface area (Å²) in [5, 5.41) is 3.46. The zero-order valence-corrected chi connectivity index (χ0v) is 12.5. The van der Waals surface area contributed by atoms with Gasteiger partial charge in [-0.1, -0.05) is 26.7 Å². The van der Waals surface area contributed by atoms with E-state index in [9.17, 15) is 0 Å². The van der Waals surface area contributed by atoms with Crippen molar-refractivity contribution in [2.45, 2.75) is 65.1 Å². The Morgan fingerprint density at radius 2 is 2.11 bits per heavy atom. The predicted octanol–water partition coefficient (Wildman–Crippen LogP) is 3.54. The maximum Gasteiger partial charge on any atom is 0.122 e. The molecule has 0 bridgehead atoms. The van der Waals surface area contributed by atoms with Crippen molar-refractivity contribution in [3.8, 4) is 0 Å². The number of hydrogen-bond acceptors (Lipinski definition) is 3. The minimum atomic E-state index is 0.770. The fourth-order valence-corrected chi connectivity index (χ4v) is 3.02. The lowest BCUT2D eigenvalue weighted by Gasteiger charge is -2.26. The van der Waals surface area contributed by atoms with Gasteiger partial charge in [0, 0.05) is 18.2 Å². The summed E-state index contributed by atoms with van der Waals surface area (Å²) in [7, 11) is 0. The van der Waals surface area contributed by atoms with Gasteiger partial charge in [-0.25, -0.2) is 0 Å². The molecule has 0 atom stereocenters. The van der Waals surface area contributed by atoms with E-state index >= 15 is 0 Å². The van der Waals surface area contributed by atoms with E-state index in [2.05, 4.69) is 30.1 Å². The fraction of sp³-hybridized carbons (Fsp3) is 0.750. The monoisotopic (exact) mass is 264 g/mol. The molecule has 2 rings (SSSR count). The largest absolute Gasteiger partial charge is 0.468 e. The molecule has 1 N–H and O–H groups in total. The highest BCUT2D eigenvalue weighted by Gasteiger charge is 2.22. The second-order valence-corrected chi connectivity index (χ2v) is 5.55. The van der Waals surface area contributed by atoms with Gasteiger partial charge in [-0.05, 0) is 38.4 Å². The van der Waals surface area contributed by atoms with Gasteiger partial charge < -0.3 is 9.73 Å². The topological polar surface area (TPSA) is 28.4 Å². The van der Waals surface area contributed by atoms with E-state index in [1.165, 1.54) is 37.7 Å². The molecule has 3 heteroatoms. The van der Waals surface area contributed by atoms with Crippen LogP contribution < -0.4 is 5.32 Å². The molecule has 0 aromatic carbocycles. The lowest BCUT2D eigenvalue weighted by atomic mass is 10.1. The van der Waals surface area contributed by atoms with Crippen molar-refractivity contribution in [3.63, 3.8) is 0 Å². The van der Waals surface area contributed by atoms with Crippen LogP contribution in [0.2, 0.25) is 0 Å². The average Bonchev–Trinajstić information content (AvgIpc) is 3.07. The first-order valence-corrected chi connectivity index (χ1v) is 7.85. The molecule has 1 aliphatic rings. The Balaban J connectivity index is 1.91. The van der Waals surface area contributed by atoms with Gasteiger partial charge >= 0.3 is 0 Å². The Morgan fingerprint density at radius 3 is 2.79 bits per heavy atom. The molecule has 1 aliphatic carbocycles. The van der Waals surface area contributed by atoms with Crippen LogP contribution in [0, 0.1) is 0 Å². The lowest BCUT2D eigenvalue weighted by Crippen LogP contribution is -2.32. The standard InChI is InChI=1S/C16H28N2O/c1-3-10-17-12-14-9-11-19-16(14)13-18(4-2)15-7-5-6-8-15/h9,11,15,17H,3-8,10,12-13H2,1-2H3. The lowest BCUT2D eigenvalue weighted by molar-refractivity contribution is 0.184. The van der Waals surface area contributed by atoms with Gasteiger partial charge in [-0.3, -0.25) is 4.90 Å². The van der Waals surface area contributed by atoms with Gasteiger partial charge in [0.15, 0.2) is 0 Å². The summed E-state index contributed by atoms with van der Waals surface area (Å²) in [4.78, 5) is 2.58. The first-order chi connectivity index (χ1) is 9.35. The van der Waals surface area contributed by atoms with Crippen molar-refractivity contribution in [1.29, 1.82) is 0 Å². The summed E-state index contributed by atoms with van der Waals surface area (Å²) in [5.41, 5.74) is 1.32. The molecule has 1 heterocycles. The van der Waals surface area contributed by atoms with E-state index in [0.717, 1.165) is 38.0 Å². The van der Waals surface area contributed by atoms with E-state index in [4.69, 9.17) is 4.42 Å². The van der Waals surface area contributed by atoms with E-state index in [1.807, 2.05) is 6.26 Å². The Labute approximate surface area is 117 Å². The molecule has 19 heavy (non-hydrogen) atoms. The third kappa shape index (κ3) is 4.08. The van der Waals surface area contributed by atoms with Gasteiger partial charge in [0.05, 0.1) is 12.8 Å². The van der Waals surface area contributed by atoms with Crippen LogP contribution in [0.3, 0.4) is 0 Å². The summed E-state index contributed by atoms with van der Waals surface area (Å²) >= 11 is 0. The summed E-state index contributed by atoms with van der Waals surface area (Å²) in [6.45, 7) is 8.55. The molecule has 0 saturated heterocycles. The fourth-order valence-electron chi connectivity index (χ4n) is 3.02. The Morgan fingerprint density at radius 1 is 1.32 bits per heavy atom. The molecule has 0 spiro atoms. The second kappa shape index (κ2) is 7.71. The zero-order chi connectivity index (χ0) is 13.5. The van der Waals surface area contributed by atoms with Crippen molar-refractivity contribution in [1.82, 2.24) is 10.2 Å². The van der Waals surface area contributed by atoms with Gasteiger partial charge in [0.1, 0.15) is 5.76 Å². The molecule has 0 amide bonds. The highest BCUT2D eigenvalue weighted by atomic mass is 16.3. The maximum atomic E-state index is 5.71. The molecule has 108 valence electrons. The van der Waals surface area contributed by atoms with Crippen LogP contribution in [-0.4, -0.2) is 24.0 Å². The van der Waals surface area contributed by atoms with Crippen LogP contribution in [0.4, 0.5) is 0 Å². The minimum Gasteiger partial charge on any atom is -0.468 e. The molecule has 1 aromatic rings. The zero-order valence-electron chi connectivity index (χ0n) is 12.5. The highest BCUT2D eigenvalue weighted by molar-refractivity contribution is 5.17. The van der Waals surface area contributed by atoms with E-state index in [0.29, 0.717) is 0 Å². The van der Waals surface area contributed by atoms with Crippen LogP contribution >= 0.6 is 0 Å². The summed E-state index contributed by atoms with van der Waals surface area (Å²) in [6, 6.07) is 2.88. The molecule has 0 unspecified atom stereocenters. The van der Waals surface area contributed by atoms with Crippen LogP contribution in [0.25, 0.3) is 0 Å². The van der Waals surface area contributed by atoms with Crippen molar-refractivity contribution < 1.29 is 4.42 Å². The number of furan rings is 1. The Kier molecular flexibility index (Phi) is 5.93. The number of rotatable bonds is 8. The molecule has 0 aliphatic heterocycles. The van der Waals surface area contributed by atoms with Crippen molar-refractivity contribution in [3.05, 3.63) is 23.7 Å². The Bertz CT molecular complexity index is 355. The van der Waals surface area contributed by atoms with E-state index in [-0.39, 0.29) is 0 Å². The molecule has 1 aromatic heterocycles. The first kappa shape index (κ1) is 14.6. The smallest absolute Gasteiger partial charge is 0.122 e. The molecule has 3 nitrogen and oxygen atoms in total. The van der Waals surface area contributed by atoms with E-state index < -0.39 is 0 Å². The number of nitrogens with one attached hydrogen (secondary N) is 1. The first-order valence-electron chi connectivity index (χ1n) is 7.85. The second-order valence-electron chi connectivity index (χ2n) is 5.55. The van der Waals surface area contributed by atoms with Gasteiger partial charge in [-0.15, -0.1) is 0 Å². The van der Waals surface area contributed by atoms with Crippen LogP contribution in [0.5, 0.6) is 0 Å². The molecule has 1 fully saturated rings. The maximum absolute atomic E-state index is 5.71. The van der Waals surface area contributed by atoms with Gasteiger partial charge in [0.2, 0.25) is 0 Å². The quantitative estimate of drug-likeness (QED) is 0.728. The third-order valence-corrected chi connectivity index (χ3v) is 4.17. The summed E-state index contributed by atoms with van der Waals surface area (Å²) < 4.78 is 5.71. The predicted molar refractivity (Wildman–Crippen MR) is 79.0 cm³/mol. The van der Waals surface area contributed by atoms with Crippen molar-refractivity contribution in [2.24, 2.45) is 0 Å². The molecular weight excluding hydrogens is 236 g/mol. The normalized spacial score (nSPS) is 16.6. The van der Waals surface area contributed by atoms with Crippen molar-refractivity contribution >= 4 is 0 Å². The SMILES string of the molecule is CCCNCc1ccoc1CN(CC)C1CCCC1. The number of nitrogens with zero attached hydrogens (tertiary/aromatic N) is 1. The molecule has 0 radical (unpaired) electrons. The summed E-state index contributed by atoms with van der Waals surface area (Å²) in [5.74, 6) is 1.15. The van der Waals surface area contributed by atoms with Gasteiger partial charge in [-0.2, -0.15) is 0 Å². The highest BCUT2D eigenvalue weighted by Crippen LogP contribution is 2.25. The van der Waals surface area contributed by atoms with Crippen molar-refractivity contribution in [2.75, 3.05) is 13.1 Å². The third-order valence-electron chi connectivity index (χ3n) is 4.17. The molecular formula is C16H28N2O. The Hall–Kier alpha value is -0.800. The minimum absolute atomic E-state index is 0.770. The van der Waals surface area contributed by atoms with E-state index in [1.54, 1.807) is 0 Å². The molecule has 1 saturated carbocycles. The van der Waals surface area contributed by atoms with Crippen LogP contribution in [0.15, 0.2) is 16.7 Å². The van der Waals surface area contributed by atoms with Crippen LogP contribution in [0.1, 0.15) is 57.3 Å².